The number of rotatable bonds is 10. The molecule has 1 heterocycles. The third-order valence-corrected chi connectivity index (χ3v) is 4.58. The first kappa shape index (κ1) is 22.6. The van der Waals surface area contributed by atoms with Crippen LogP contribution in [-0.4, -0.2) is 39.3 Å². The number of aliphatic imine (C=N–C) groups is 1. The summed E-state index contributed by atoms with van der Waals surface area (Å²) >= 11 is 1.08. The number of hydrogen-bond acceptors (Lipinski definition) is 6. The predicted octanol–water partition coefficient (Wildman–Crippen LogP) is 3.99. The van der Waals surface area contributed by atoms with E-state index in [1.165, 1.54) is 6.20 Å². The maximum absolute atomic E-state index is 12.4. The highest BCUT2D eigenvalue weighted by Crippen LogP contribution is 2.19. The third kappa shape index (κ3) is 8.17. The van der Waals surface area contributed by atoms with Crippen LogP contribution in [0.25, 0.3) is 0 Å². The molecule has 7 nitrogen and oxygen atoms in total. The summed E-state index contributed by atoms with van der Waals surface area (Å²) in [4.78, 5) is 32.2. The van der Waals surface area contributed by atoms with Gasteiger partial charge in [-0.05, 0) is 37.3 Å². The zero-order valence-electron chi connectivity index (χ0n) is 16.2. The average Bonchev–Trinajstić information content (AvgIpc) is 3.01. The smallest absolute Gasteiger partial charge is 0.308 e. The normalized spacial score (nSPS) is 13.1. The topological polar surface area (TPSA) is 112 Å². The van der Waals surface area contributed by atoms with Crippen LogP contribution < -0.4 is 5.32 Å². The van der Waals surface area contributed by atoms with E-state index in [1.54, 1.807) is 6.08 Å². The first-order chi connectivity index (χ1) is 12.8. The molecular weight excluding hydrogens is 366 g/mol. The molecule has 0 aliphatic heterocycles. The fraction of sp³-hybridized carbons (Fsp3) is 0.474. The molecule has 3 N–H and O–H groups in total. The summed E-state index contributed by atoms with van der Waals surface area (Å²) in [7, 11) is 0. The van der Waals surface area contributed by atoms with E-state index in [0.29, 0.717) is 10.8 Å². The fourth-order valence-electron chi connectivity index (χ4n) is 2.22. The molecule has 148 valence electrons. The first-order valence-corrected chi connectivity index (χ1v) is 9.62. The van der Waals surface area contributed by atoms with Gasteiger partial charge in [-0.3, -0.25) is 19.9 Å². The highest BCUT2D eigenvalue weighted by Gasteiger charge is 2.13. The van der Waals surface area contributed by atoms with E-state index in [2.05, 4.69) is 29.1 Å². The molecule has 27 heavy (non-hydrogen) atoms. The van der Waals surface area contributed by atoms with Crippen molar-refractivity contribution < 1.29 is 19.8 Å². The third-order valence-electron chi connectivity index (χ3n) is 3.67. The highest BCUT2D eigenvalue weighted by atomic mass is 32.1. The highest BCUT2D eigenvalue weighted by molar-refractivity contribution is 7.15. The second-order valence-electron chi connectivity index (χ2n) is 6.43. The van der Waals surface area contributed by atoms with Gasteiger partial charge < -0.3 is 10.2 Å². The molecule has 0 aliphatic carbocycles. The van der Waals surface area contributed by atoms with Gasteiger partial charge in [0.05, 0.1) is 18.3 Å². The van der Waals surface area contributed by atoms with Crippen LogP contribution in [0.1, 0.15) is 45.4 Å². The Hall–Kier alpha value is -2.48. The fourth-order valence-corrected chi connectivity index (χ4v) is 3.01. The lowest BCUT2D eigenvalue weighted by atomic mass is 10.1. The van der Waals surface area contributed by atoms with Crippen LogP contribution in [0, 0.1) is 5.92 Å². The van der Waals surface area contributed by atoms with Gasteiger partial charge in [0, 0.05) is 23.3 Å². The van der Waals surface area contributed by atoms with Crippen LogP contribution in [0.4, 0.5) is 5.13 Å². The molecule has 1 aromatic heterocycles. The molecule has 0 saturated carbocycles. The molecule has 0 aliphatic rings. The summed E-state index contributed by atoms with van der Waals surface area (Å²) in [5.41, 5.74) is 1.77. The summed E-state index contributed by atoms with van der Waals surface area (Å²) in [5, 5.41) is 21.1. The standard InChI is InChI=1S/C19H27N3O4S/c1-5-16(20-7-6-12(2)3)13(4)8-14(11-23)18(26)22-19-21-10-15(27-19)9-17(24)25/h8,10-12,23H,5-7,9H2,1-4H3,(H,24,25)(H,21,22,26). The van der Waals surface area contributed by atoms with Crippen LogP contribution in [0.3, 0.4) is 0 Å². The van der Waals surface area contributed by atoms with Crippen molar-refractivity contribution in [1.29, 1.82) is 0 Å². The van der Waals surface area contributed by atoms with Gasteiger partial charge in [0.15, 0.2) is 5.13 Å². The van der Waals surface area contributed by atoms with Crippen LogP contribution >= 0.6 is 11.3 Å². The van der Waals surface area contributed by atoms with E-state index in [0.717, 1.165) is 48.3 Å². The summed E-state index contributed by atoms with van der Waals surface area (Å²) in [6.07, 6.45) is 5.30. The Kier molecular flexibility index (Phi) is 9.42. The van der Waals surface area contributed by atoms with Gasteiger partial charge in [0.25, 0.3) is 5.91 Å². The quantitative estimate of drug-likeness (QED) is 0.241. The Bertz CT molecular complexity index is 748. The van der Waals surface area contributed by atoms with Gasteiger partial charge in [-0.1, -0.05) is 20.8 Å². The minimum absolute atomic E-state index is 0.0764. The molecule has 0 saturated heterocycles. The molecule has 1 rings (SSSR count). The molecule has 8 heteroatoms. The number of thiazole rings is 1. The van der Waals surface area contributed by atoms with E-state index in [4.69, 9.17) is 5.11 Å². The summed E-state index contributed by atoms with van der Waals surface area (Å²) in [6.45, 7) is 8.85. The number of nitrogens with one attached hydrogen (secondary N) is 1. The van der Waals surface area contributed by atoms with Gasteiger partial charge in [-0.25, -0.2) is 4.98 Å². The molecule has 0 unspecified atom stereocenters. The van der Waals surface area contributed by atoms with Crippen LogP contribution in [-0.2, 0) is 16.0 Å². The molecule has 0 fully saturated rings. The van der Waals surface area contributed by atoms with Crippen LogP contribution in [0.2, 0.25) is 0 Å². The maximum Gasteiger partial charge on any atom is 0.308 e. The Morgan fingerprint density at radius 1 is 1.41 bits per heavy atom. The predicted molar refractivity (Wildman–Crippen MR) is 109 cm³/mol. The Balaban J connectivity index is 2.83. The van der Waals surface area contributed by atoms with Crippen molar-refractivity contribution in [1.82, 2.24) is 4.98 Å². The number of nitrogens with zero attached hydrogens (tertiary/aromatic N) is 2. The van der Waals surface area contributed by atoms with Crippen molar-refractivity contribution in [2.24, 2.45) is 10.9 Å². The van der Waals surface area contributed by atoms with Crippen molar-refractivity contribution in [2.45, 2.75) is 47.0 Å². The molecule has 0 radical (unpaired) electrons. The minimum Gasteiger partial charge on any atom is -0.515 e. The zero-order chi connectivity index (χ0) is 20.4. The number of carboxylic acid groups (broad SMARTS) is 1. The zero-order valence-corrected chi connectivity index (χ0v) is 17.0. The molecule has 0 spiro atoms. The molecule has 1 aromatic rings. The van der Waals surface area contributed by atoms with Gasteiger partial charge in [0.2, 0.25) is 0 Å². The van der Waals surface area contributed by atoms with Crippen molar-refractivity contribution in [3.8, 4) is 0 Å². The van der Waals surface area contributed by atoms with Crippen molar-refractivity contribution >= 4 is 34.1 Å². The number of amides is 1. The van der Waals surface area contributed by atoms with Crippen molar-refractivity contribution in [3.05, 3.63) is 34.6 Å². The SMILES string of the molecule is CCC(=NCCC(C)C)C(C)=CC(=CO)C(=O)Nc1ncc(CC(=O)O)s1. The first-order valence-electron chi connectivity index (χ1n) is 8.81. The Morgan fingerprint density at radius 2 is 2.11 bits per heavy atom. The number of aliphatic carboxylic acids is 1. The lowest BCUT2D eigenvalue weighted by molar-refractivity contribution is -0.136. The number of anilines is 1. The number of carbonyl (C=O) groups excluding carboxylic acids is 1. The lowest BCUT2D eigenvalue weighted by Gasteiger charge is -2.08. The monoisotopic (exact) mass is 393 g/mol. The second-order valence-corrected chi connectivity index (χ2v) is 7.55. The van der Waals surface area contributed by atoms with Crippen LogP contribution in [0.5, 0.6) is 0 Å². The summed E-state index contributed by atoms with van der Waals surface area (Å²) in [5.74, 6) is -0.917. The van der Waals surface area contributed by atoms with Gasteiger partial charge in [-0.2, -0.15) is 0 Å². The van der Waals surface area contributed by atoms with Gasteiger partial charge in [0.1, 0.15) is 0 Å². The summed E-state index contributed by atoms with van der Waals surface area (Å²) < 4.78 is 0. The number of carboxylic acids is 1. The van der Waals surface area contributed by atoms with E-state index in [1.807, 2.05) is 13.8 Å². The molecule has 0 aromatic carbocycles. The van der Waals surface area contributed by atoms with Crippen molar-refractivity contribution in [2.75, 3.05) is 11.9 Å². The summed E-state index contributed by atoms with van der Waals surface area (Å²) in [6, 6.07) is 0. The number of aliphatic hydroxyl groups excluding tert-OH is 1. The second kappa shape index (κ2) is 11.3. The Morgan fingerprint density at radius 3 is 2.67 bits per heavy atom. The lowest BCUT2D eigenvalue weighted by Crippen LogP contribution is -2.14. The molecule has 0 atom stereocenters. The number of carbonyl (C=O) groups is 2. The molecule has 1 amide bonds. The number of hydrogen-bond donors (Lipinski definition) is 3. The van der Waals surface area contributed by atoms with E-state index in [-0.39, 0.29) is 17.1 Å². The van der Waals surface area contributed by atoms with E-state index < -0.39 is 11.9 Å². The Labute approximate surface area is 163 Å². The van der Waals surface area contributed by atoms with Crippen molar-refractivity contribution in [3.63, 3.8) is 0 Å². The van der Waals surface area contributed by atoms with E-state index in [9.17, 15) is 14.7 Å². The number of aliphatic hydroxyl groups is 1. The average molecular weight is 394 g/mol. The molecule has 0 bridgehead atoms. The molecular formula is C19H27N3O4S. The largest absolute Gasteiger partial charge is 0.515 e. The number of allylic oxidation sites excluding steroid dienone is 1. The van der Waals surface area contributed by atoms with Crippen LogP contribution in [0.15, 0.2) is 34.7 Å². The van der Waals surface area contributed by atoms with Gasteiger partial charge >= 0.3 is 5.97 Å². The minimum atomic E-state index is -0.963. The van der Waals surface area contributed by atoms with E-state index >= 15 is 0 Å². The van der Waals surface area contributed by atoms with Gasteiger partial charge in [-0.15, -0.1) is 11.3 Å². The number of aromatic nitrogens is 1. The maximum atomic E-state index is 12.4.